The molecule has 0 aliphatic heterocycles. The van der Waals surface area contributed by atoms with Crippen molar-refractivity contribution in [1.82, 2.24) is 5.43 Å². The molecular weight excluding hydrogens is 599 g/mol. The van der Waals surface area contributed by atoms with E-state index in [4.69, 9.17) is 27.9 Å². The van der Waals surface area contributed by atoms with Gasteiger partial charge in [-0.3, -0.25) is 13.9 Å². The van der Waals surface area contributed by atoms with Crippen LogP contribution in [-0.4, -0.2) is 39.6 Å². The van der Waals surface area contributed by atoms with E-state index in [1.165, 1.54) is 24.4 Å². The van der Waals surface area contributed by atoms with E-state index in [0.29, 0.717) is 27.0 Å². The second-order valence-corrected chi connectivity index (χ2v) is 11.7. The van der Waals surface area contributed by atoms with Gasteiger partial charge in [0.25, 0.3) is 21.8 Å². The molecule has 0 atom stereocenters. The lowest BCUT2D eigenvalue weighted by molar-refractivity contribution is -0.119. The van der Waals surface area contributed by atoms with Gasteiger partial charge in [-0.05, 0) is 85.3 Å². The number of benzene rings is 4. The van der Waals surface area contributed by atoms with Crippen LogP contribution in [-0.2, 0) is 19.6 Å². The highest BCUT2D eigenvalue weighted by Gasteiger charge is 2.27. The Hall–Kier alpha value is -4.38. The molecule has 0 radical (unpaired) electrons. The molecule has 0 aromatic heterocycles. The number of anilines is 2. The number of nitrogens with zero attached hydrogens (tertiary/aromatic N) is 2. The Morgan fingerprint density at radius 2 is 1.55 bits per heavy atom. The van der Waals surface area contributed by atoms with E-state index < -0.39 is 22.5 Å². The maximum absolute atomic E-state index is 13.4. The van der Waals surface area contributed by atoms with Crippen LogP contribution in [0.4, 0.5) is 11.4 Å². The SMILES string of the molecule is Cc1ccc(S(=O)(=O)N(CC(=O)N/N=C/c2ccc(OCC(=O)Nc3cccc(Cl)c3)cc2)c2cccc(Cl)c2)cc1. The summed E-state index contributed by atoms with van der Waals surface area (Å²) in [5.41, 5.74) is 4.68. The Labute approximate surface area is 253 Å². The molecule has 4 aromatic rings. The summed E-state index contributed by atoms with van der Waals surface area (Å²) in [5.74, 6) is -0.551. The standard InChI is InChI=1S/C30H26Cl2N4O5S/c1-21-8-14-28(15-9-21)42(39,40)36(26-7-3-5-24(32)17-26)19-29(37)35-33-18-22-10-12-27(13-11-22)41-20-30(38)34-25-6-2-4-23(31)16-25/h2-18H,19-20H2,1H3,(H,34,38)(H,35,37)/b33-18+. The van der Waals surface area contributed by atoms with Gasteiger partial charge in [0.05, 0.1) is 16.8 Å². The molecule has 0 bridgehead atoms. The van der Waals surface area contributed by atoms with Crippen LogP contribution in [0.2, 0.25) is 10.0 Å². The third-order valence-electron chi connectivity index (χ3n) is 5.75. The first kappa shape index (κ1) is 30.6. The molecule has 4 rings (SSSR count). The third kappa shape index (κ3) is 8.56. The third-order valence-corrected chi connectivity index (χ3v) is 8.01. The number of aryl methyl sites for hydroxylation is 1. The van der Waals surface area contributed by atoms with Crippen molar-refractivity contribution in [2.45, 2.75) is 11.8 Å². The van der Waals surface area contributed by atoms with Crippen molar-refractivity contribution in [1.29, 1.82) is 0 Å². The van der Waals surface area contributed by atoms with Crippen LogP contribution in [0.1, 0.15) is 11.1 Å². The summed E-state index contributed by atoms with van der Waals surface area (Å²) in [6.45, 7) is 1.11. The Morgan fingerprint density at radius 3 is 2.21 bits per heavy atom. The maximum atomic E-state index is 13.4. The lowest BCUT2D eigenvalue weighted by atomic mass is 10.2. The zero-order valence-corrected chi connectivity index (χ0v) is 24.7. The number of amides is 2. The van der Waals surface area contributed by atoms with E-state index in [-0.39, 0.29) is 23.1 Å². The van der Waals surface area contributed by atoms with E-state index in [9.17, 15) is 18.0 Å². The molecule has 0 unspecified atom stereocenters. The predicted octanol–water partition coefficient (Wildman–Crippen LogP) is 5.66. The first-order valence-electron chi connectivity index (χ1n) is 12.6. The first-order valence-corrected chi connectivity index (χ1v) is 14.7. The van der Waals surface area contributed by atoms with Crippen LogP contribution >= 0.6 is 23.2 Å². The number of carbonyl (C=O) groups is 2. The zero-order chi connectivity index (χ0) is 30.1. The molecule has 0 aliphatic carbocycles. The first-order chi connectivity index (χ1) is 20.1. The Morgan fingerprint density at radius 1 is 0.881 bits per heavy atom. The molecule has 0 heterocycles. The predicted molar refractivity (Wildman–Crippen MR) is 165 cm³/mol. The van der Waals surface area contributed by atoms with Crippen LogP contribution in [0.5, 0.6) is 5.75 Å². The largest absolute Gasteiger partial charge is 0.484 e. The monoisotopic (exact) mass is 624 g/mol. The molecule has 216 valence electrons. The lowest BCUT2D eigenvalue weighted by Crippen LogP contribution is -2.39. The number of hydrogen-bond donors (Lipinski definition) is 2. The quantitative estimate of drug-likeness (QED) is 0.165. The summed E-state index contributed by atoms with van der Waals surface area (Å²) in [6, 6.07) is 26.0. The fourth-order valence-electron chi connectivity index (χ4n) is 3.69. The smallest absolute Gasteiger partial charge is 0.264 e. The van der Waals surface area contributed by atoms with Gasteiger partial charge in [0.1, 0.15) is 12.3 Å². The van der Waals surface area contributed by atoms with Crippen molar-refractivity contribution in [2.24, 2.45) is 5.10 Å². The van der Waals surface area contributed by atoms with Crippen molar-refractivity contribution in [2.75, 3.05) is 22.8 Å². The average molecular weight is 626 g/mol. The molecular formula is C30H26Cl2N4O5S. The molecule has 0 saturated carbocycles. The molecule has 2 N–H and O–H groups in total. The van der Waals surface area contributed by atoms with Gasteiger partial charge in [0.2, 0.25) is 0 Å². The van der Waals surface area contributed by atoms with Gasteiger partial charge in [0, 0.05) is 15.7 Å². The number of halogens is 2. The molecule has 4 aromatic carbocycles. The number of hydrogen-bond acceptors (Lipinski definition) is 6. The summed E-state index contributed by atoms with van der Waals surface area (Å²) >= 11 is 12.0. The van der Waals surface area contributed by atoms with Gasteiger partial charge < -0.3 is 10.1 Å². The molecule has 12 heteroatoms. The lowest BCUT2D eigenvalue weighted by Gasteiger charge is -2.24. The summed E-state index contributed by atoms with van der Waals surface area (Å²) < 4.78 is 33.4. The highest BCUT2D eigenvalue weighted by molar-refractivity contribution is 7.92. The minimum absolute atomic E-state index is 0.0358. The van der Waals surface area contributed by atoms with E-state index >= 15 is 0 Å². The summed E-state index contributed by atoms with van der Waals surface area (Å²) in [5, 5.41) is 7.47. The van der Waals surface area contributed by atoms with Gasteiger partial charge in [-0.2, -0.15) is 5.10 Å². The van der Waals surface area contributed by atoms with E-state index in [1.54, 1.807) is 78.9 Å². The molecule has 9 nitrogen and oxygen atoms in total. The number of carbonyl (C=O) groups excluding carboxylic acids is 2. The van der Waals surface area contributed by atoms with Crippen LogP contribution in [0, 0.1) is 6.92 Å². The number of rotatable bonds is 11. The van der Waals surface area contributed by atoms with Crippen molar-refractivity contribution in [3.63, 3.8) is 0 Å². The highest BCUT2D eigenvalue weighted by Crippen LogP contribution is 2.26. The Balaban J connectivity index is 1.35. The zero-order valence-electron chi connectivity index (χ0n) is 22.3. The topological polar surface area (TPSA) is 117 Å². The van der Waals surface area contributed by atoms with E-state index in [1.807, 2.05) is 6.92 Å². The number of hydrazone groups is 1. The fraction of sp³-hybridized carbons (Fsp3) is 0.100. The normalized spacial score (nSPS) is 11.2. The maximum Gasteiger partial charge on any atom is 0.264 e. The Kier molecular flexibility index (Phi) is 10.2. The van der Waals surface area contributed by atoms with Gasteiger partial charge >= 0.3 is 0 Å². The van der Waals surface area contributed by atoms with Gasteiger partial charge in [-0.25, -0.2) is 13.8 Å². The van der Waals surface area contributed by atoms with E-state index in [0.717, 1.165) is 9.87 Å². The highest BCUT2D eigenvalue weighted by atomic mass is 35.5. The minimum atomic E-state index is -4.08. The number of sulfonamides is 1. The summed E-state index contributed by atoms with van der Waals surface area (Å²) in [4.78, 5) is 24.9. The van der Waals surface area contributed by atoms with Crippen molar-refractivity contribution < 1.29 is 22.7 Å². The molecule has 0 fully saturated rings. The van der Waals surface area contributed by atoms with Crippen LogP contribution in [0.15, 0.2) is 107 Å². The van der Waals surface area contributed by atoms with Crippen molar-refractivity contribution in [3.05, 3.63) is 118 Å². The van der Waals surface area contributed by atoms with Gasteiger partial charge in [-0.15, -0.1) is 0 Å². The minimum Gasteiger partial charge on any atom is -0.484 e. The summed E-state index contributed by atoms with van der Waals surface area (Å²) in [7, 11) is -4.08. The molecule has 2 amide bonds. The molecule has 0 aliphatic rings. The van der Waals surface area contributed by atoms with Crippen LogP contribution < -0.4 is 19.8 Å². The second kappa shape index (κ2) is 14.0. The summed E-state index contributed by atoms with van der Waals surface area (Å²) in [6.07, 6.45) is 1.39. The van der Waals surface area contributed by atoms with Crippen LogP contribution in [0.3, 0.4) is 0 Å². The van der Waals surface area contributed by atoms with Crippen LogP contribution in [0.25, 0.3) is 0 Å². The van der Waals surface area contributed by atoms with Crippen molar-refractivity contribution >= 4 is 62.6 Å². The molecule has 0 spiro atoms. The van der Waals surface area contributed by atoms with Gasteiger partial charge in [-0.1, -0.05) is 53.0 Å². The average Bonchev–Trinajstić information content (AvgIpc) is 2.95. The Bertz CT molecular complexity index is 1700. The number of nitrogens with one attached hydrogen (secondary N) is 2. The number of ether oxygens (including phenoxy) is 1. The molecule has 0 saturated heterocycles. The van der Waals surface area contributed by atoms with Gasteiger partial charge in [0.15, 0.2) is 6.61 Å². The fourth-order valence-corrected chi connectivity index (χ4v) is 5.48. The second-order valence-electron chi connectivity index (χ2n) is 9.01. The van der Waals surface area contributed by atoms with Crippen molar-refractivity contribution in [3.8, 4) is 5.75 Å². The molecule has 42 heavy (non-hydrogen) atoms. The van der Waals surface area contributed by atoms with E-state index in [2.05, 4.69) is 15.8 Å².